The van der Waals surface area contributed by atoms with E-state index >= 15 is 0 Å². The summed E-state index contributed by atoms with van der Waals surface area (Å²) in [6.45, 7) is 1.60. The van der Waals surface area contributed by atoms with Gasteiger partial charge in [0.15, 0.2) is 0 Å². The van der Waals surface area contributed by atoms with Crippen molar-refractivity contribution < 1.29 is 23.0 Å². The molecule has 1 unspecified atom stereocenters. The molecule has 3 nitrogen and oxygen atoms in total. The van der Waals surface area contributed by atoms with E-state index in [0.717, 1.165) is 6.07 Å². The van der Waals surface area contributed by atoms with Crippen LogP contribution in [0.25, 0.3) is 0 Å². The molecule has 0 aromatic heterocycles. The van der Waals surface area contributed by atoms with Gasteiger partial charge in [0.25, 0.3) is 0 Å². The molecular weight excluding hydrogens is 283 g/mol. The smallest absolute Gasteiger partial charge is 0.420 e. The third-order valence-corrected chi connectivity index (χ3v) is 2.86. The second-order valence-electron chi connectivity index (χ2n) is 4.06. The van der Waals surface area contributed by atoms with Crippen molar-refractivity contribution >= 4 is 17.3 Å². The molecule has 0 amide bonds. The third kappa shape index (κ3) is 4.18. The van der Waals surface area contributed by atoms with E-state index in [9.17, 15) is 18.3 Å². The fraction of sp³-hybridized carbons (Fsp3) is 0.500. The SMILES string of the molecule is COc1c(C)cc(NCC(O)CCl)cc1C(F)(F)F. The van der Waals surface area contributed by atoms with Crippen LogP contribution in [0.4, 0.5) is 18.9 Å². The lowest BCUT2D eigenvalue weighted by molar-refractivity contribution is -0.138. The number of halogens is 4. The molecule has 0 saturated carbocycles. The average molecular weight is 298 g/mol. The van der Waals surface area contributed by atoms with Crippen LogP contribution in [0, 0.1) is 6.92 Å². The van der Waals surface area contributed by atoms with Gasteiger partial charge in [0.2, 0.25) is 0 Å². The van der Waals surface area contributed by atoms with Crippen LogP contribution in [0.1, 0.15) is 11.1 Å². The molecule has 1 aromatic carbocycles. The second-order valence-corrected chi connectivity index (χ2v) is 4.37. The fourth-order valence-electron chi connectivity index (χ4n) is 1.65. The zero-order valence-electron chi connectivity index (χ0n) is 10.5. The monoisotopic (exact) mass is 297 g/mol. The number of aliphatic hydroxyl groups is 1. The second kappa shape index (κ2) is 6.34. The number of hydrogen-bond donors (Lipinski definition) is 2. The summed E-state index contributed by atoms with van der Waals surface area (Å²) in [6.07, 6.45) is -5.32. The quantitative estimate of drug-likeness (QED) is 0.821. The molecule has 0 fully saturated rings. The van der Waals surface area contributed by atoms with Crippen LogP contribution in [0.5, 0.6) is 5.75 Å². The van der Waals surface area contributed by atoms with Crippen LogP contribution in [0.15, 0.2) is 12.1 Å². The molecule has 0 saturated heterocycles. The Morgan fingerprint density at radius 1 is 1.42 bits per heavy atom. The summed E-state index contributed by atoms with van der Waals surface area (Å²) in [7, 11) is 1.20. The molecule has 0 aliphatic rings. The van der Waals surface area contributed by atoms with E-state index < -0.39 is 17.8 Å². The summed E-state index contributed by atoms with van der Waals surface area (Å²) in [5.74, 6) is -0.190. The third-order valence-electron chi connectivity index (χ3n) is 2.50. The minimum Gasteiger partial charge on any atom is -0.496 e. The molecule has 19 heavy (non-hydrogen) atoms. The molecule has 0 heterocycles. The first-order valence-corrected chi connectivity index (χ1v) is 6.06. The molecule has 0 aliphatic heterocycles. The van der Waals surface area contributed by atoms with Gasteiger partial charge in [0.1, 0.15) is 5.75 Å². The van der Waals surface area contributed by atoms with Crippen molar-refractivity contribution in [3.05, 3.63) is 23.3 Å². The molecule has 1 aromatic rings. The van der Waals surface area contributed by atoms with E-state index in [2.05, 4.69) is 5.32 Å². The van der Waals surface area contributed by atoms with Crippen LogP contribution in [0.2, 0.25) is 0 Å². The molecule has 0 bridgehead atoms. The Labute approximate surface area is 114 Å². The number of nitrogens with one attached hydrogen (secondary N) is 1. The van der Waals surface area contributed by atoms with Gasteiger partial charge in [0.05, 0.1) is 24.7 Å². The highest BCUT2D eigenvalue weighted by Gasteiger charge is 2.35. The maximum atomic E-state index is 12.9. The molecule has 108 valence electrons. The molecule has 0 spiro atoms. The van der Waals surface area contributed by atoms with Gasteiger partial charge in [0, 0.05) is 12.2 Å². The summed E-state index contributed by atoms with van der Waals surface area (Å²) >= 11 is 5.41. The molecule has 2 N–H and O–H groups in total. The Morgan fingerprint density at radius 3 is 2.53 bits per heavy atom. The Balaban J connectivity index is 3.06. The van der Waals surface area contributed by atoms with Crippen molar-refractivity contribution in [1.29, 1.82) is 0 Å². The zero-order valence-corrected chi connectivity index (χ0v) is 11.3. The maximum absolute atomic E-state index is 12.9. The lowest BCUT2D eigenvalue weighted by Gasteiger charge is -2.17. The Kier molecular flexibility index (Phi) is 5.31. The summed E-state index contributed by atoms with van der Waals surface area (Å²) < 4.78 is 43.4. The lowest BCUT2D eigenvalue weighted by Crippen LogP contribution is -2.21. The average Bonchev–Trinajstić information content (AvgIpc) is 2.34. The first-order valence-electron chi connectivity index (χ1n) is 5.53. The van der Waals surface area contributed by atoms with E-state index in [1.807, 2.05) is 0 Å². The number of aliphatic hydroxyl groups excluding tert-OH is 1. The molecule has 7 heteroatoms. The maximum Gasteiger partial charge on any atom is 0.420 e. The number of hydrogen-bond acceptors (Lipinski definition) is 3. The minimum atomic E-state index is -4.50. The van der Waals surface area contributed by atoms with Crippen molar-refractivity contribution in [3.8, 4) is 5.75 Å². The number of rotatable bonds is 5. The number of benzene rings is 1. The van der Waals surface area contributed by atoms with Gasteiger partial charge in [-0.2, -0.15) is 13.2 Å². The Hall–Kier alpha value is -1.14. The number of ether oxygens (including phenoxy) is 1. The summed E-state index contributed by atoms with van der Waals surface area (Å²) in [5.41, 5.74) is -0.229. The van der Waals surface area contributed by atoms with Gasteiger partial charge in [-0.05, 0) is 24.6 Å². The lowest BCUT2D eigenvalue weighted by atomic mass is 10.1. The Morgan fingerprint density at radius 2 is 2.05 bits per heavy atom. The fourth-order valence-corrected chi connectivity index (χ4v) is 1.76. The van der Waals surface area contributed by atoms with Crippen molar-refractivity contribution in [2.75, 3.05) is 24.9 Å². The molecule has 0 radical (unpaired) electrons. The molecular formula is C12H15ClF3NO2. The van der Waals surface area contributed by atoms with Gasteiger partial charge >= 0.3 is 6.18 Å². The van der Waals surface area contributed by atoms with E-state index in [0.29, 0.717) is 5.56 Å². The van der Waals surface area contributed by atoms with Gasteiger partial charge < -0.3 is 15.2 Å². The van der Waals surface area contributed by atoms with Gasteiger partial charge in [-0.15, -0.1) is 11.6 Å². The number of alkyl halides is 4. The highest BCUT2D eigenvalue weighted by atomic mass is 35.5. The van der Waals surface area contributed by atoms with E-state index in [4.69, 9.17) is 16.3 Å². The predicted molar refractivity (Wildman–Crippen MR) is 67.9 cm³/mol. The van der Waals surface area contributed by atoms with Crippen molar-refractivity contribution in [1.82, 2.24) is 0 Å². The standard InChI is InChI=1S/C12H15ClF3NO2/c1-7-3-8(17-6-9(18)5-13)4-10(11(7)19-2)12(14,15)16/h3-4,9,17-18H,5-6H2,1-2H3. The normalized spacial score (nSPS) is 13.2. The number of anilines is 1. The van der Waals surface area contributed by atoms with E-state index in [1.54, 1.807) is 0 Å². The topological polar surface area (TPSA) is 41.5 Å². The van der Waals surface area contributed by atoms with Crippen LogP contribution >= 0.6 is 11.6 Å². The molecule has 1 rings (SSSR count). The van der Waals surface area contributed by atoms with Gasteiger partial charge in [-0.1, -0.05) is 0 Å². The highest BCUT2D eigenvalue weighted by molar-refractivity contribution is 6.18. The first-order chi connectivity index (χ1) is 8.79. The van der Waals surface area contributed by atoms with Gasteiger partial charge in [-0.25, -0.2) is 0 Å². The zero-order chi connectivity index (χ0) is 14.6. The molecule has 1 atom stereocenters. The largest absolute Gasteiger partial charge is 0.496 e. The first kappa shape index (κ1) is 15.9. The van der Waals surface area contributed by atoms with Gasteiger partial charge in [-0.3, -0.25) is 0 Å². The van der Waals surface area contributed by atoms with Crippen molar-refractivity contribution in [2.24, 2.45) is 0 Å². The Bertz CT molecular complexity index is 438. The van der Waals surface area contributed by atoms with E-state index in [-0.39, 0.29) is 23.9 Å². The number of methoxy groups -OCH3 is 1. The van der Waals surface area contributed by atoms with Crippen molar-refractivity contribution in [3.63, 3.8) is 0 Å². The van der Waals surface area contributed by atoms with Crippen LogP contribution < -0.4 is 10.1 Å². The van der Waals surface area contributed by atoms with Crippen LogP contribution in [0.3, 0.4) is 0 Å². The van der Waals surface area contributed by atoms with Crippen LogP contribution in [-0.4, -0.2) is 30.7 Å². The number of aryl methyl sites for hydroxylation is 1. The summed E-state index contributed by atoms with van der Waals surface area (Å²) in [6, 6.07) is 2.47. The predicted octanol–water partition coefficient (Wildman–Crippen LogP) is 3.03. The van der Waals surface area contributed by atoms with Crippen LogP contribution in [-0.2, 0) is 6.18 Å². The minimum absolute atomic E-state index is 0.00820. The van der Waals surface area contributed by atoms with E-state index in [1.165, 1.54) is 20.1 Å². The summed E-state index contributed by atoms with van der Waals surface area (Å²) in [5, 5.41) is 12.0. The molecule has 0 aliphatic carbocycles. The highest BCUT2D eigenvalue weighted by Crippen LogP contribution is 2.39. The van der Waals surface area contributed by atoms with Crippen molar-refractivity contribution in [2.45, 2.75) is 19.2 Å². The summed E-state index contributed by atoms with van der Waals surface area (Å²) in [4.78, 5) is 0.